The number of amides is 2. The summed E-state index contributed by atoms with van der Waals surface area (Å²) in [6.45, 7) is 8.16. The first-order valence-corrected chi connectivity index (χ1v) is 13.6. The molecule has 8 nitrogen and oxygen atoms in total. The van der Waals surface area contributed by atoms with Crippen molar-refractivity contribution in [1.82, 2.24) is 15.6 Å². The maximum atomic E-state index is 13.3. The zero-order valence-electron chi connectivity index (χ0n) is 22.2. The van der Waals surface area contributed by atoms with Crippen molar-refractivity contribution in [2.75, 3.05) is 0 Å². The molecule has 38 heavy (non-hydrogen) atoms. The first-order valence-electron chi connectivity index (χ1n) is 12.7. The molecule has 0 aliphatic carbocycles. The molecule has 0 saturated heterocycles. The Labute approximate surface area is 227 Å². The van der Waals surface area contributed by atoms with Crippen LogP contribution in [-0.2, 0) is 16.1 Å². The summed E-state index contributed by atoms with van der Waals surface area (Å²) < 4.78 is 10.7. The van der Waals surface area contributed by atoms with Crippen LogP contribution in [0.25, 0.3) is 0 Å². The van der Waals surface area contributed by atoms with Gasteiger partial charge in [0.2, 0.25) is 10.9 Å². The van der Waals surface area contributed by atoms with E-state index in [-0.39, 0.29) is 29.4 Å². The molecule has 2 atom stereocenters. The predicted octanol–water partition coefficient (Wildman–Crippen LogP) is 5.91. The zero-order chi connectivity index (χ0) is 27.5. The Kier molecular flexibility index (Phi) is 10.8. The fourth-order valence-electron chi connectivity index (χ4n) is 3.79. The first kappa shape index (κ1) is 28.8. The van der Waals surface area contributed by atoms with Crippen LogP contribution in [0.4, 0.5) is 4.79 Å². The molecule has 0 aliphatic heterocycles. The van der Waals surface area contributed by atoms with E-state index in [9.17, 15) is 14.4 Å². The molecule has 2 N–H and O–H groups in total. The molecule has 0 spiro atoms. The van der Waals surface area contributed by atoms with Gasteiger partial charge in [0, 0.05) is 5.38 Å². The molecule has 0 bridgehead atoms. The van der Waals surface area contributed by atoms with Crippen molar-refractivity contribution in [1.29, 1.82) is 0 Å². The van der Waals surface area contributed by atoms with E-state index in [1.807, 2.05) is 64.1 Å². The highest BCUT2D eigenvalue weighted by molar-refractivity contribution is 7.11. The van der Waals surface area contributed by atoms with Crippen molar-refractivity contribution < 1.29 is 23.9 Å². The summed E-state index contributed by atoms with van der Waals surface area (Å²) in [5.41, 5.74) is 1.43. The monoisotopic (exact) mass is 537 g/mol. The average molecular weight is 538 g/mol. The van der Waals surface area contributed by atoms with E-state index in [2.05, 4.69) is 15.6 Å². The number of hydrogen-bond donors (Lipinski definition) is 2. The van der Waals surface area contributed by atoms with Gasteiger partial charge in [-0.3, -0.25) is 4.79 Å². The van der Waals surface area contributed by atoms with Gasteiger partial charge in [-0.25, -0.2) is 14.6 Å². The van der Waals surface area contributed by atoms with Gasteiger partial charge in [-0.1, -0.05) is 76.2 Å². The lowest BCUT2D eigenvalue weighted by molar-refractivity contribution is -0.124. The Morgan fingerprint density at radius 2 is 1.50 bits per heavy atom. The van der Waals surface area contributed by atoms with E-state index in [1.165, 1.54) is 11.3 Å². The number of thiazole rings is 1. The highest BCUT2D eigenvalue weighted by atomic mass is 32.1. The molecule has 0 radical (unpaired) electrons. The average Bonchev–Trinajstić information content (AvgIpc) is 3.38. The number of alkyl carbamates (subject to hydrolysis) is 1. The van der Waals surface area contributed by atoms with E-state index in [1.54, 1.807) is 29.6 Å². The number of esters is 1. The molecular formula is C29H35N3O5S. The van der Waals surface area contributed by atoms with Crippen LogP contribution in [0.5, 0.6) is 5.75 Å². The van der Waals surface area contributed by atoms with Crippen LogP contribution < -0.4 is 15.4 Å². The topological polar surface area (TPSA) is 107 Å². The summed E-state index contributed by atoms with van der Waals surface area (Å²) in [4.78, 5) is 42.9. The number of hydrogen-bond acceptors (Lipinski definition) is 7. The lowest BCUT2D eigenvalue weighted by Crippen LogP contribution is -2.48. The van der Waals surface area contributed by atoms with Crippen molar-refractivity contribution in [2.45, 2.75) is 59.2 Å². The fourth-order valence-corrected chi connectivity index (χ4v) is 4.53. The standard InChI is InChI=1S/C29H35N3O5S/c1-19(2)15-23(25-18-38-27(31-25)28(34)37-22-13-9-6-10-14-22)30-26(33)24(16-20(3)4)32-29(35)36-17-21-11-7-5-8-12-21/h5-14,18-20,23-24H,15-17H2,1-4H3,(H,30,33)(H,32,35)/t23-,24-/m0/s1. The molecule has 0 unspecified atom stereocenters. The number of nitrogens with one attached hydrogen (secondary N) is 2. The van der Waals surface area contributed by atoms with Gasteiger partial charge in [-0.2, -0.15) is 0 Å². The maximum absolute atomic E-state index is 13.3. The number of carbonyl (C=O) groups excluding carboxylic acids is 3. The molecule has 1 aromatic heterocycles. The number of carbonyl (C=O) groups is 3. The fraction of sp³-hybridized carbons (Fsp3) is 0.379. The van der Waals surface area contributed by atoms with Gasteiger partial charge in [-0.15, -0.1) is 11.3 Å². The van der Waals surface area contributed by atoms with Crippen LogP contribution in [0, 0.1) is 11.8 Å². The molecular weight excluding hydrogens is 502 g/mol. The molecule has 2 amide bonds. The summed E-state index contributed by atoms with van der Waals surface area (Å²) in [6, 6.07) is 16.9. The van der Waals surface area contributed by atoms with Gasteiger partial charge in [0.15, 0.2) is 0 Å². The molecule has 202 valence electrons. The third-order valence-electron chi connectivity index (χ3n) is 5.56. The van der Waals surface area contributed by atoms with Gasteiger partial charge >= 0.3 is 12.1 Å². The summed E-state index contributed by atoms with van der Waals surface area (Å²) in [5.74, 6) is -0.0514. The highest BCUT2D eigenvalue weighted by Crippen LogP contribution is 2.25. The minimum Gasteiger partial charge on any atom is -0.445 e. The largest absolute Gasteiger partial charge is 0.445 e. The van der Waals surface area contributed by atoms with Crippen LogP contribution >= 0.6 is 11.3 Å². The number of benzene rings is 2. The number of nitrogens with zero attached hydrogens (tertiary/aromatic N) is 1. The minimum atomic E-state index is -0.783. The van der Waals surface area contributed by atoms with Crippen LogP contribution in [-0.4, -0.2) is 29.0 Å². The van der Waals surface area contributed by atoms with Gasteiger partial charge in [0.1, 0.15) is 18.4 Å². The second-order valence-corrected chi connectivity index (χ2v) is 10.7. The lowest BCUT2D eigenvalue weighted by atomic mass is 9.99. The number of ether oxygens (including phenoxy) is 2. The molecule has 2 aromatic carbocycles. The van der Waals surface area contributed by atoms with E-state index >= 15 is 0 Å². The van der Waals surface area contributed by atoms with Gasteiger partial charge in [0.25, 0.3) is 0 Å². The summed E-state index contributed by atoms with van der Waals surface area (Å²) in [7, 11) is 0. The molecule has 0 fully saturated rings. The van der Waals surface area contributed by atoms with Crippen LogP contribution in [0.1, 0.15) is 67.6 Å². The Morgan fingerprint density at radius 3 is 2.13 bits per heavy atom. The molecule has 1 heterocycles. The molecule has 0 saturated carbocycles. The van der Waals surface area contributed by atoms with Crippen molar-refractivity contribution in [3.8, 4) is 5.75 Å². The highest BCUT2D eigenvalue weighted by Gasteiger charge is 2.27. The third-order valence-corrected chi connectivity index (χ3v) is 6.40. The van der Waals surface area contributed by atoms with Crippen LogP contribution in [0.2, 0.25) is 0 Å². The van der Waals surface area contributed by atoms with Gasteiger partial charge < -0.3 is 20.1 Å². The lowest BCUT2D eigenvalue weighted by Gasteiger charge is -2.24. The van der Waals surface area contributed by atoms with Crippen LogP contribution in [0.3, 0.4) is 0 Å². The van der Waals surface area contributed by atoms with Gasteiger partial charge in [-0.05, 0) is 42.4 Å². The quantitative estimate of drug-likeness (QED) is 0.220. The molecule has 3 aromatic rings. The van der Waals surface area contributed by atoms with Crippen molar-refractivity contribution in [3.63, 3.8) is 0 Å². The Bertz CT molecular complexity index is 1180. The molecule has 9 heteroatoms. The SMILES string of the molecule is CC(C)C[C@H](NC(=O)OCc1ccccc1)C(=O)N[C@@H](CC(C)C)c1csc(C(=O)Oc2ccccc2)n1. The first-order chi connectivity index (χ1) is 18.2. The second-order valence-electron chi connectivity index (χ2n) is 9.86. The Hall–Kier alpha value is -3.72. The summed E-state index contributed by atoms with van der Waals surface area (Å²) >= 11 is 1.17. The minimum absolute atomic E-state index is 0.110. The van der Waals surface area contributed by atoms with E-state index in [0.717, 1.165) is 5.56 Å². The number of aromatic nitrogens is 1. The van der Waals surface area contributed by atoms with Crippen molar-refractivity contribution in [2.24, 2.45) is 11.8 Å². The predicted molar refractivity (Wildman–Crippen MR) is 147 cm³/mol. The summed E-state index contributed by atoms with van der Waals surface area (Å²) in [5, 5.41) is 7.71. The third kappa shape index (κ3) is 9.30. The van der Waals surface area contributed by atoms with Crippen molar-refractivity contribution >= 4 is 29.3 Å². The van der Waals surface area contributed by atoms with E-state index in [0.29, 0.717) is 24.3 Å². The Balaban J connectivity index is 1.67. The van der Waals surface area contributed by atoms with Crippen LogP contribution in [0.15, 0.2) is 66.0 Å². The van der Waals surface area contributed by atoms with Gasteiger partial charge in [0.05, 0.1) is 11.7 Å². The molecule has 3 rings (SSSR count). The second kappa shape index (κ2) is 14.3. The van der Waals surface area contributed by atoms with Crippen molar-refractivity contribution in [3.05, 3.63) is 82.3 Å². The Morgan fingerprint density at radius 1 is 0.868 bits per heavy atom. The maximum Gasteiger partial charge on any atom is 0.408 e. The number of para-hydroxylation sites is 1. The summed E-state index contributed by atoms with van der Waals surface area (Å²) in [6.07, 6.45) is 0.386. The normalized spacial score (nSPS) is 12.6. The van der Waals surface area contributed by atoms with E-state index in [4.69, 9.17) is 9.47 Å². The zero-order valence-corrected chi connectivity index (χ0v) is 23.0. The number of rotatable bonds is 12. The van der Waals surface area contributed by atoms with E-state index < -0.39 is 24.1 Å². The smallest absolute Gasteiger partial charge is 0.408 e. The molecule has 0 aliphatic rings.